The topological polar surface area (TPSA) is 56.9 Å². The molecule has 0 spiro atoms. The molecule has 0 aliphatic carbocycles. The summed E-state index contributed by atoms with van der Waals surface area (Å²) in [6, 6.07) is 4.00. The Morgan fingerprint density at radius 3 is 2.89 bits per heavy atom. The van der Waals surface area contributed by atoms with Gasteiger partial charge in [0.1, 0.15) is 0 Å². The van der Waals surface area contributed by atoms with Crippen molar-refractivity contribution >= 4 is 0 Å². The van der Waals surface area contributed by atoms with Crippen LogP contribution in [0.1, 0.15) is 11.4 Å². The summed E-state index contributed by atoms with van der Waals surface area (Å²) in [6.07, 6.45) is 1.93. The average Bonchev–Trinajstić information content (AvgIpc) is 2.93. The SMILES string of the molecule is COCCNCc1ccn(-c2cc(C)n(C)n2)n1. The predicted octanol–water partition coefficient (Wildman–Crippen LogP) is 0.650. The number of ether oxygens (including phenoxy) is 1. The lowest BCUT2D eigenvalue weighted by Crippen LogP contribution is -2.18. The zero-order valence-electron chi connectivity index (χ0n) is 11.1. The molecule has 0 fully saturated rings. The van der Waals surface area contributed by atoms with Gasteiger partial charge < -0.3 is 10.1 Å². The molecular formula is C12H19N5O. The molecule has 2 heterocycles. The lowest BCUT2D eigenvalue weighted by molar-refractivity contribution is 0.199. The normalized spacial score (nSPS) is 11.1. The Balaban J connectivity index is 1.97. The fourth-order valence-electron chi connectivity index (χ4n) is 1.63. The molecule has 0 aromatic carbocycles. The Kier molecular flexibility index (Phi) is 4.11. The van der Waals surface area contributed by atoms with Crippen LogP contribution in [-0.4, -0.2) is 39.8 Å². The third-order valence-electron chi connectivity index (χ3n) is 2.77. The molecule has 2 aromatic rings. The summed E-state index contributed by atoms with van der Waals surface area (Å²) in [5.74, 6) is 0.846. The molecule has 0 aliphatic rings. The van der Waals surface area contributed by atoms with Crippen LogP contribution in [0.15, 0.2) is 18.3 Å². The molecular weight excluding hydrogens is 230 g/mol. The van der Waals surface area contributed by atoms with Crippen molar-refractivity contribution in [3.8, 4) is 5.82 Å². The summed E-state index contributed by atoms with van der Waals surface area (Å²) in [5, 5.41) is 12.1. The number of rotatable bonds is 6. The second kappa shape index (κ2) is 5.79. The smallest absolute Gasteiger partial charge is 0.175 e. The Bertz CT molecular complexity index is 483. The van der Waals surface area contributed by atoms with Gasteiger partial charge in [-0.15, -0.1) is 0 Å². The first-order valence-corrected chi connectivity index (χ1v) is 5.96. The van der Waals surface area contributed by atoms with Gasteiger partial charge in [0.15, 0.2) is 5.82 Å². The maximum atomic E-state index is 4.97. The van der Waals surface area contributed by atoms with E-state index in [2.05, 4.69) is 15.5 Å². The molecule has 2 aromatic heterocycles. The Morgan fingerprint density at radius 1 is 1.39 bits per heavy atom. The molecule has 0 radical (unpaired) electrons. The third kappa shape index (κ3) is 2.96. The molecule has 98 valence electrons. The van der Waals surface area contributed by atoms with Crippen molar-refractivity contribution < 1.29 is 4.74 Å². The van der Waals surface area contributed by atoms with Crippen LogP contribution in [-0.2, 0) is 18.3 Å². The van der Waals surface area contributed by atoms with Gasteiger partial charge in [-0.2, -0.15) is 10.2 Å². The minimum atomic E-state index is 0.708. The molecule has 0 bridgehead atoms. The van der Waals surface area contributed by atoms with E-state index in [1.54, 1.807) is 11.8 Å². The summed E-state index contributed by atoms with van der Waals surface area (Å²) in [7, 11) is 3.62. The van der Waals surface area contributed by atoms with Crippen LogP contribution in [0.2, 0.25) is 0 Å². The average molecular weight is 249 g/mol. The lowest BCUT2D eigenvalue weighted by Gasteiger charge is -2.00. The Hall–Kier alpha value is -1.66. The Labute approximate surface area is 107 Å². The summed E-state index contributed by atoms with van der Waals surface area (Å²) in [5.41, 5.74) is 2.11. The van der Waals surface area contributed by atoms with E-state index < -0.39 is 0 Å². The standard InChI is InChI=1S/C12H19N5O/c1-10-8-12(15-16(10)2)17-6-4-11(14-17)9-13-5-7-18-3/h4,6,8,13H,5,7,9H2,1-3H3. The van der Waals surface area contributed by atoms with E-state index in [1.165, 1.54) is 0 Å². The van der Waals surface area contributed by atoms with Crippen molar-refractivity contribution in [3.63, 3.8) is 0 Å². The minimum Gasteiger partial charge on any atom is -0.383 e. The van der Waals surface area contributed by atoms with Crippen molar-refractivity contribution in [2.45, 2.75) is 13.5 Å². The number of nitrogens with zero attached hydrogens (tertiary/aromatic N) is 4. The summed E-state index contributed by atoms with van der Waals surface area (Å²) >= 11 is 0. The zero-order chi connectivity index (χ0) is 13.0. The first-order chi connectivity index (χ1) is 8.70. The molecule has 0 aliphatic heterocycles. The summed E-state index contributed by atoms with van der Waals surface area (Å²) in [4.78, 5) is 0. The first kappa shape index (κ1) is 12.8. The van der Waals surface area contributed by atoms with Crippen LogP contribution in [0.25, 0.3) is 5.82 Å². The molecule has 0 amide bonds. The molecule has 18 heavy (non-hydrogen) atoms. The second-order valence-electron chi connectivity index (χ2n) is 4.19. The van der Waals surface area contributed by atoms with Crippen molar-refractivity contribution in [2.75, 3.05) is 20.3 Å². The highest BCUT2D eigenvalue weighted by Crippen LogP contribution is 2.07. The van der Waals surface area contributed by atoms with Gasteiger partial charge in [0.05, 0.1) is 12.3 Å². The molecule has 0 unspecified atom stereocenters. The number of methoxy groups -OCH3 is 1. The number of hydrogen-bond donors (Lipinski definition) is 1. The fraction of sp³-hybridized carbons (Fsp3) is 0.500. The van der Waals surface area contributed by atoms with E-state index in [-0.39, 0.29) is 0 Å². The number of hydrogen-bond acceptors (Lipinski definition) is 4. The van der Waals surface area contributed by atoms with Gasteiger partial charge in [0.2, 0.25) is 0 Å². The van der Waals surface area contributed by atoms with Gasteiger partial charge in [-0.05, 0) is 13.0 Å². The maximum absolute atomic E-state index is 4.97. The van der Waals surface area contributed by atoms with E-state index in [0.717, 1.165) is 30.3 Å². The minimum absolute atomic E-state index is 0.708. The number of aromatic nitrogens is 4. The molecule has 2 rings (SSSR count). The highest BCUT2D eigenvalue weighted by molar-refractivity contribution is 5.23. The molecule has 0 saturated carbocycles. The van der Waals surface area contributed by atoms with Gasteiger partial charge in [0.25, 0.3) is 0 Å². The number of aryl methyl sites for hydroxylation is 2. The van der Waals surface area contributed by atoms with Crippen molar-refractivity contribution in [3.05, 3.63) is 29.7 Å². The fourth-order valence-corrected chi connectivity index (χ4v) is 1.63. The van der Waals surface area contributed by atoms with Gasteiger partial charge in [-0.1, -0.05) is 0 Å². The van der Waals surface area contributed by atoms with E-state index in [4.69, 9.17) is 4.74 Å². The summed E-state index contributed by atoms with van der Waals surface area (Å²) in [6.45, 7) is 4.29. The largest absolute Gasteiger partial charge is 0.383 e. The Morgan fingerprint density at radius 2 is 2.22 bits per heavy atom. The quantitative estimate of drug-likeness (QED) is 0.764. The van der Waals surface area contributed by atoms with Gasteiger partial charge in [-0.3, -0.25) is 4.68 Å². The van der Waals surface area contributed by atoms with Crippen molar-refractivity contribution in [1.82, 2.24) is 24.9 Å². The van der Waals surface area contributed by atoms with Crippen LogP contribution in [0, 0.1) is 6.92 Å². The predicted molar refractivity (Wildman–Crippen MR) is 68.6 cm³/mol. The van der Waals surface area contributed by atoms with E-state index in [1.807, 2.05) is 37.0 Å². The van der Waals surface area contributed by atoms with Gasteiger partial charge in [-0.25, -0.2) is 4.68 Å². The maximum Gasteiger partial charge on any atom is 0.175 e. The molecule has 1 N–H and O–H groups in total. The van der Waals surface area contributed by atoms with Crippen LogP contribution in [0.4, 0.5) is 0 Å². The second-order valence-corrected chi connectivity index (χ2v) is 4.19. The first-order valence-electron chi connectivity index (χ1n) is 5.96. The van der Waals surface area contributed by atoms with Crippen LogP contribution in [0.5, 0.6) is 0 Å². The zero-order valence-corrected chi connectivity index (χ0v) is 11.1. The monoisotopic (exact) mass is 249 g/mol. The van der Waals surface area contributed by atoms with E-state index in [9.17, 15) is 0 Å². The highest BCUT2D eigenvalue weighted by atomic mass is 16.5. The molecule has 0 atom stereocenters. The van der Waals surface area contributed by atoms with E-state index >= 15 is 0 Å². The van der Waals surface area contributed by atoms with Crippen LogP contribution < -0.4 is 5.32 Å². The van der Waals surface area contributed by atoms with Crippen LogP contribution >= 0.6 is 0 Å². The molecule has 0 saturated heterocycles. The van der Waals surface area contributed by atoms with E-state index in [0.29, 0.717) is 6.61 Å². The van der Waals surface area contributed by atoms with Gasteiger partial charge in [0, 0.05) is 45.2 Å². The highest BCUT2D eigenvalue weighted by Gasteiger charge is 2.05. The third-order valence-corrected chi connectivity index (χ3v) is 2.77. The molecule has 6 heteroatoms. The van der Waals surface area contributed by atoms with Gasteiger partial charge >= 0.3 is 0 Å². The molecule has 6 nitrogen and oxygen atoms in total. The summed E-state index contributed by atoms with van der Waals surface area (Å²) < 4.78 is 8.60. The van der Waals surface area contributed by atoms with Crippen molar-refractivity contribution in [2.24, 2.45) is 7.05 Å². The van der Waals surface area contributed by atoms with Crippen molar-refractivity contribution in [1.29, 1.82) is 0 Å². The van der Waals surface area contributed by atoms with Crippen LogP contribution in [0.3, 0.4) is 0 Å². The lowest BCUT2D eigenvalue weighted by atomic mass is 10.4. The number of nitrogens with one attached hydrogen (secondary N) is 1.